The quantitative estimate of drug-likeness (QED) is 0.849. The van der Waals surface area contributed by atoms with E-state index in [0.717, 1.165) is 17.4 Å². The van der Waals surface area contributed by atoms with Gasteiger partial charge in [-0.25, -0.2) is 0 Å². The second-order valence-electron chi connectivity index (χ2n) is 5.33. The van der Waals surface area contributed by atoms with Crippen LogP contribution in [0.3, 0.4) is 0 Å². The molecule has 2 rings (SSSR count). The number of thioether (sulfide) groups is 1. The lowest BCUT2D eigenvalue weighted by atomic mass is 10.1. The van der Waals surface area contributed by atoms with Gasteiger partial charge in [0.2, 0.25) is 0 Å². The number of rotatable bonds is 7. The fourth-order valence-electron chi connectivity index (χ4n) is 2.32. The van der Waals surface area contributed by atoms with E-state index in [2.05, 4.69) is 43.4 Å². The van der Waals surface area contributed by atoms with E-state index in [1.165, 1.54) is 23.0 Å². The van der Waals surface area contributed by atoms with Crippen molar-refractivity contribution in [1.29, 1.82) is 0 Å². The Balaban J connectivity index is 2.09. The third-order valence-corrected chi connectivity index (χ3v) is 5.34. The molecule has 1 aromatic carbocycles. The molecule has 0 aliphatic heterocycles. The second-order valence-corrected chi connectivity index (χ2v) is 6.80. The van der Waals surface area contributed by atoms with E-state index in [1.54, 1.807) is 0 Å². The van der Waals surface area contributed by atoms with Crippen LogP contribution >= 0.6 is 11.8 Å². The predicted molar refractivity (Wildman–Crippen MR) is 89.5 cm³/mol. The third-order valence-electron chi connectivity index (χ3n) is 3.84. The van der Waals surface area contributed by atoms with Crippen LogP contribution in [0.5, 0.6) is 0 Å². The van der Waals surface area contributed by atoms with Crippen LogP contribution in [0, 0.1) is 0 Å². The Labute approximate surface area is 126 Å². The third kappa shape index (κ3) is 3.55. The average molecular weight is 291 g/mol. The van der Waals surface area contributed by atoms with Crippen LogP contribution in [0.1, 0.15) is 26.0 Å². The predicted octanol–water partition coefficient (Wildman–Crippen LogP) is 3.24. The number of fused-ring (bicyclic) bond motifs is 1. The molecule has 1 N–H and O–H groups in total. The Morgan fingerprint density at radius 3 is 2.80 bits per heavy atom. The van der Waals surface area contributed by atoms with Gasteiger partial charge in [0.1, 0.15) is 0 Å². The van der Waals surface area contributed by atoms with Gasteiger partial charge in [-0.15, -0.1) is 0 Å². The molecule has 2 atom stereocenters. The molecule has 3 nitrogen and oxygen atoms in total. The molecule has 4 heteroatoms. The minimum atomic E-state index is 0.479. The second kappa shape index (κ2) is 7.14. The van der Waals surface area contributed by atoms with E-state index in [9.17, 15) is 0 Å². The van der Waals surface area contributed by atoms with Crippen LogP contribution in [0.2, 0.25) is 0 Å². The first-order chi connectivity index (χ1) is 9.65. The van der Waals surface area contributed by atoms with Gasteiger partial charge in [-0.2, -0.15) is 16.9 Å². The average Bonchev–Trinajstić information content (AvgIpc) is 2.80. The summed E-state index contributed by atoms with van der Waals surface area (Å²) >= 11 is 2.04. The highest BCUT2D eigenvalue weighted by molar-refractivity contribution is 7.99. The fourth-order valence-corrected chi connectivity index (χ4v) is 3.40. The van der Waals surface area contributed by atoms with Gasteiger partial charge in [0.15, 0.2) is 0 Å². The first-order valence-corrected chi connectivity index (χ1v) is 8.40. The molecule has 0 aliphatic carbocycles. The summed E-state index contributed by atoms with van der Waals surface area (Å²) in [7, 11) is 4.07. The Bertz CT molecular complexity index is 550. The fraction of sp³-hybridized carbons (Fsp3) is 0.562. The molecule has 20 heavy (non-hydrogen) atoms. The number of nitrogens with one attached hydrogen (secondary N) is 1. The number of hydrogen-bond donors (Lipinski definition) is 1. The van der Waals surface area contributed by atoms with Gasteiger partial charge in [0, 0.05) is 35.9 Å². The van der Waals surface area contributed by atoms with Crippen molar-refractivity contribution in [3.05, 3.63) is 30.0 Å². The Kier molecular flexibility index (Phi) is 5.49. The Hall–Kier alpha value is -1.00. The standard InChI is InChI=1S/C16H25N3S/c1-5-12(2)20-11-13(17-3)10-15-14-8-6-7-9-16(14)19(4)18-15/h6-9,12-13,17H,5,10-11H2,1-4H3. The minimum Gasteiger partial charge on any atom is -0.316 e. The molecule has 0 spiro atoms. The number of benzene rings is 1. The molecule has 0 radical (unpaired) electrons. The number of likely N-dealkylation sites (N-methyl/N-ethyl adjacent to an activating group) is 1. The van der Waals surface area contributed by atoms with Crippen molar-refractivity contribution in [3.63, 3.8) is 0 Å². The van der Waals surface area contributed by atoms with Gasteiger partial charge >= 0.3 is 0 Å². The first-order valence-electron chi connectivity index (χ1n) is 7.35. The number of hydrogen-bond acceptors (Lipinski definition) is 3. The molecule has 1 aromatic heterocycles. The zero-order valence-electron chi connectivity index (χ0n) is 12.9. The van der Waals surface area contributed by atoms with Gasteiger partial charge in [0.25, 0.3) is 0 Å². The van der Waals surface area contributed by atoms with E-state index in [1.807, 2.05) is 30.5 Å². The highest BCUT2D eigenvalue weighted by Crippen LogP contribution is 2.21. The van der Waals surface area contributed by atoms with Crippen molar-refractivity contribution in [2.45, 2.75) is 38.0 Å². The van der Waals surface area contributed by atoms with Crippen LogP contribution in [0.15, 0.2) is 24.3 Å². The van der Waals surface area contributed by atoms with Gasteiger partial charge in [-0.1, -0.05) is 32.0 Å². The van der Waals surface area contributed by atoms with E-state index < -0.39 is 0 Å². The van der Waals surface area contributed by atoms with Gasteiger partial charge in [-0.3, -0.25) is 4.68 Å². The van der Waals surface area contributed by atoms with Gasteiger partial charge < -0.3 is 5.32 Å². The molecule has 0 amide bonds. The van der Waals surface area contributed by atoms with E-state index in [-0.39, 0.29) is 0 Å². The number of aromatic nitrogens is 2. The monoisotopic (exact) mass is 291 g/mol. The van der Waals surface area contributed by atoms with E-state index in [4.69, 9.17) is 5.10 Å². The molecule has 1 heterocycles. The van der Waals surface area contributed by atoms with E-state index >= 15 is 0 Å². The zero-order valence-corrected chi connectivity index (χ0v) is 13.7. The molecule has 110 valence electrons. The van der Waals surface area contributed by atoms with Crippen molar-refractivity contribution in [2.75, 3.05) is 12.8 Å². The number of para-hydroxylation sites is 1. The van der Waals surface area contributed by atoms with Gasteiger partial charge in [0.05, 0.1) is 11.2 Å². The molecule has 0 saturated carbocycles. The van der Waals surface area contributed by atoms with Crippen molar-refractivity contribution < 1.29 is 0 Å². The summed E-state index contributed by atoms with van der Waals surface area (Å²) in [6, 6.07) is 8.95. The van der Waals surface area contributed by atoms with Crippen molar-refractivity contribution in [1.82, 2.24) is 15.1 Å². The molecule has 0 aliphatic rings. The van der Waals surface area contributed by atoms with E-state index in [0.29, 0.717) is 6.04 Å². The largest absolute Gasteiger partial charge is 0.316 e. The van der Waals surface area contributed by atoms with Crippen LogP contribution < -0.4 is 5.32 Å². The van der Waals surface area contributed by atoms with Crippen molar-refractivity contribution >= 4 is 22.7 Å². The molecule has 0 saturated heterocycles. The van der Waals surface area contributed by atoms with Crippen LogP contribution in [-0.4, -0.2) is 33.9 Å². The maximum absolute atomic E-state index is 4.69. The molecule has 0 bridgehead atoms. The summed E-state index contributed by atoms with van der Waals surface area (Å²) in [6.45, 7) is 4.55. The molecular formula is C16H25N3S. The lowest BCUT2D eigenvalue weighted by Crippen LogP contribution is -2.31. The minimum absolute atomic E-state index is 0.479. The highest BCUT2D eigenvalue weighted by Gasteiger charge is 2.14. The zero-order chi connectivity index (χ0) is 14.5. The molecule has 0 fully saturated rings. The van der Waals surface area contributed by atoms with Crippen molar-refractivity contribution in [3.8, 4) is 0 Å². The summed E-state index contributed by atoms with van der Waals surface area (Å²) in [5.41, 5.74) is 2.42. The summed E-state index contributed by atoms with van der Waals surface area (Å²) in [6.07, 6.45) is 2.22. The maximum atomic E-state index is 4.69. The summed E-state index contributed by atoms with van der Waals surface area (Å²) in [4.78, 5) is 0. The summed E-state index contributed by atoms with van der Waals surface area (Å²) < 4.78 is 1.99. The van der Waals surface area contributed by atoms with Gasteiger partial charge in [-0.05, 0) is 19.5 Å². The Morgan fingerprint density at radius 1 is 1.35 bits per heavy atom. The maximum Gasteiger partial charge on any atom is 0.0719 e. The smallest absolute Gasteiger partial charge is 0.0719 e. The van der Waals surface area contributed by atoms with Crippen molar-refractivity contribution in [2.24, 2.45) is 7.05 Å². The Morgan fingerprint density at radius 2 is 2.10 bits per heavy atom. The number of aryl methyl sites for hydroxylation is 1. The van der Waals surface area contributed by atoms with Crippen LogP contribution in [0.25, 0.3) is 10.9 Å². The highest BCUT2D eigenvalue weighted by atomic mass is 32.2. The molecular weight excluding hydrogens is 266 g/mol. The molecule has 2 unspecified atom stereocenters. The summed E-state index contributed by atoms with van der Waals surface area (Å²) in [5.74, 6) is 1.14. The summed E-state index contributed by atoms with van der Waals surface area (Å²) in [5, 5.41) is 10.1. The molecule has 2 aromatic rings. The normalized spacial score (nSPS) is 14.6. The van der Waals surface area contributed by atoms with Crippen LogP contribution in [0.4, 0.5) is 0 Å². The number of nitrogens with zero attached hydrogens (tertiary/aromatic N) is 2. The lowest BCUT2D eigenvalue weighted by Gasteiger charge is -2.17. The topological polar surface area (TPSA) is 29.9 Å². The van der Waals surface area contributed by atoms with Crippen LogP contribution in [-0.2, 0) is 13.5 Å². The SMILES string of the molecule is CCC(C)SCC(Cc1nn(C)c2ccccc12)NC. The first kappa shape index (κ1) is 15.4. The lowest BCUT2D eigenvalue weighted by molar-refractivity contribution is 0.601.